The summed E-state index contributed by atoms with van der Waals surface area (Å²) in [5.74, 6) is 1.70. The zero-order valence-corrected chi connectivity index (χ0v) is 34.9. The molecule has 0 saturated heterocycles. The monoisotopic (exact) mass is 829 g/mol. The molecular formula is C59H35N5O. The number of hydrogen-bond donors (Lipinski definition) is 0. The quantitative estimate of drug-likeness (QED) is 0.173. The van der Waals surface area contributed by atoms with Gasteiger partial charge in [-0.1, -0.05) is 146 Å². The van der Waals surface area contributed by atoms with Gasteiger partial charge in [-0.25, -0.2) is 15.0 Å². The zero-order chi connectivity index (χ0) is 42.6. The van der Waals surface area contributed by atoms with Gasteiger partial charge < -0.3 is 13.6 Å². The summed E-state index contributed by atoms with van der Waals surface area (Å²) in [5, 5.41) is 11.3. The summed E-state index contributed by atoms with van der Waals surface area (Å²) in [6.07, 6.45) is 0. The summed E-state index contributed by atoms with van der Waals surface area (Å²) in [4.78, 5) is 16.2. The van der Waals surface area contributed by atoms with Crippen LogP contribution in [-0.4, -0.2) is 24.1 Å². The van der Waals surface area contributed by atoms with Crippen LogP contribution in [0.1, 0.15) is 0 Å². The number of furan rings is 1. The van der Waals surface area contributed by atoms with Crippen LogP contribution in [0, 0.1) is 0 Å². The Morgan fingerprint density at radius 2 is 0.954 bits per heavy atom. The molecule has 302 valence electrons. The molecule has 0 atom stereocenters. The number of hydrogen-bond acceptors (Lipinski definition) is 4. The van der Waals surface area contributed by atoms with E-state index in [-0.39, 0.29) is 0 Å². The predicted molar refractivity (Wildman–Crippen MR) is 267 cm³/mol. The number of nitrogens with zero attached hydrogens (tertiary/aromatic N) is 5. The van der Waals surface area contributed by atoms with Crippen molar-refractivity contribution in [3.05, 3.63) is 212 Å². The summed E-state index contributed by atoms with van der Waals surface area (Å²) < 4.78 is 11.7. The van der Waals surface area contributed by atoms with Crippen molar-refractivity contribution in [2.75, 3.05) is 0 Å². The van der Waals surface area contributed by atoms with E-state index >= 15 is 0 Å². The molecule has 0 bridgehead atoms. The first-order valence-electron chi connectivity index (χ1n) is 21.9. The molecule has 0 amide bonds. The molecule has 6 heteroatoms. The van der Waals surface area contributed by atoms with E-state index in [1.165, 1.54) is 21.5 Å². The van der Waals surface area contributed by atoms with Gasteiger partial charge in [0, 0.05) is 43.7 Å². The molecule has 0 aliphatic carbocycles. The molecule has 6 nitrogen and oxygen atoms in total. The van der Waals surface area contributed by atoms with Crippen molar-refractivity contribution in [3.63, 3.8) is 0 Å². The fourth-order valence-corrected chi connectivity index (χ4v) is 10.2. The third-order valence-electron chi connectivity index (χ3n) is 13.1. The standard InChI is InChI=1S/C59H35N5O/c1-2-19-41(20-3-1)63-49-26-12-9-22-43(49)54-45(24-14-27-50(54)63)58-60-57(40-30-29-36-15-4-5-16-37(36)33-40)61-59(62-58)46-31-32-51(55-44-23-10-13-28-53(44)65-56(46)55)64-48-25-11-8-21-42(48)47-34-38-17-6-7-18-39(38)35-52(47)64/h1-35H. The van der Waals surface area contributed by atoms with E-state index in [0.29, 0.717) is 17.5 Å². The lowest BCUT2D eigenvalue weighted by Gasteiger charge is -2.13. The van der Waals surface area contributed by atoms with Crippen molar-refractivity contribution in [1.82, 2.24) is 24.1 Å². The minimum absolute atomic E-state index is 0.533. The number of aromatic nitrogens is 5. The predicted octanol–water partition coefficient (Wildman–Crippen LogP) is 15.3. The van der Waals surface area contributed by atoms with E-state index in [1.54, 1.807) is 0 Å². The Bertz CT molecular complexity index is 4250. The van der Waals surface area contributed by atoms with Gasteiger partial charge in [0.1, 0.15) is 11.2 Å². The molecule has 0 unspecified atom stereocenters. The van der Waals surface area contributed by atoms with E-state index in [1.807, 2.05) is 12.1 Å². The highest BCUT2D eigenvalue weighted by molar-refractivity contribution is 6.19. The highest BCUT2D eigenvalue weighted by atomic mass is 16.3. The highest BCUT2D eigenvalue weighted by Crippen LogP contribution is 2.44. The number of fused-ring (bicyclic) bond motifs is 11. The fourth-order valence-electron chi connectivity index (χ4n) is 10.2. The molecule has 0 aliphatic rings. The number of benzene rings is 10. The van der Waals surface area contributed by atoms with Gasteiger partial charge >= 0.3 is 0 Å². The van der Waals surface area contributed by atoms with Crippen LogP contribution in [0.5, 0.6) is 0 Å². The van der Waals surface area contributed by atoms with Crippen molar-refractivity contribution in [1.29, 1.82) is 0 Å². The maximum Gasteiger partial charge on any atom is 0.167 e. The normalized spacial score (nSPS) is 12.0. The molecule has 14 aromatic rings. The van der Waals surface area contributed by atoms with E-state index < -0.39 is 0 Å². The van der Waals surface area contributed by atoms with Gasteiger partial charge in [-0.15, -0.1) is 0 Å². The van der Waals surface area contributed by atoms with Gasteiger partial charge in [0.25, 0.3) is 0 Å². The summed E-state index contributed by atoms with van der Waals surface area (Å²) in [6, 6.07) is 74.9. The molecular weight excluding hydrogens is 795 g/mol. The highest BCUT2D eigenvalue weighted by Gasteiger charge is 2.24. The third-order valence-corrected chi connectivity index (χ3v) is 13.1. The lowest BCUT2D eigenvalue weighted by molar-refractivity contribution is 0.669. The van der Waals surface area contributed by atoms with Gasteiger partial charge in [0.15, 0.2) is 17.5 Å². The van der Waals surface area contributed by atoms with E-state index in [9.17, 15) is 0 Å². The Morgan fingerprint density at radius 3 is 1.77 bits per heavy atom. The molecule has 0 N–H and O–H groups in total. The van der Waals surface area contributed by atoms with Gasteiger partial charge in [-0.3, -0.25) is 0 Å². The van der Waals surface area contributed by atoms with Crippen LogP contribution in [0.25, 0.3) is 133 Å². The van der Waals surface area contributed by atoms with E-state index in [4.69, 9.17) is 19.4 Å². The lowest BCUT2D eigenvalue weighted by Crippen LogP contribution is -2.02. The van der Waals surface area contributed by atoms with Crippen LogP contribution in [0.4, 0.5) is 0 Å². The van der Waals surface area contributed by atoms with Gasteiger partial charge in [-0.2, -0.15) is 0 Å². The number of para-hydroxylation sites is 4. The second kappa shape index (κ2) is 13.8. The largest absolute Gasteiger partial charge is 0.455 e. The summed E-state index contributed by atoms with van der Waals surface area (Å²) in [7, 11) is 0. The van der Waals surface area contributed by atoms with Crippen molar-refractivity contribution in [2.24, 2.45) is 0 Å². The Kier molecular flexibility index (Phi) is 7.59. The Hall–Kier alpha value is -8.87. The lowest BCUT2D eigenvalue weighted by atomic mass is 10.0. The van der Waals surface area contributed by atoms with Crippen molar-refractivity contribution < 1.29 is 4.42 Å². The summed E-state index contributed by atoms with van der Waals surface area (Å²) >= 11 is 0. The molecule has 10 aromatic carbocycles. The Morgan fingerprint density at radius 1 is 0.338 bits per heavy atom. The van der Waals surface area contributed by atoms with Crippen LogP contribution in [0.15, 0.2) is 217 Å². The molecule has 65 heavy (non-hydrogen) atoms. The smallest absolute Gasteiger partial charge is 0.167 e. The van der Waals surface area contributed by atoms with Crippen molar-refractivity contribution in [2.45, 2.75) is 0 Å². The van der Waals surface area contributed by atoms with Crippen molar-refractivity contribution in [3.8, 4) is 45.5 Å². The average Bonchev–Trinajstić information content (AvgIpc) is 4.03. The van der Waals surface area contributed by atoms with Crippen LogP contribution in [0.2, 0.25) is 0 Å². The van der Waals surface area contributed by atoms with Gasteiger partial charge in [-0.05, 0) is 88.3 Å². The van der Waals surface area contributed by atoms with E-state index in [0.717, 1.165) is 93.6 Å². The summed E-state index contributed by atoms with van der Waals surface area (Å²) in [5.41, 5.74) is 10.7. The fraction of sp³-hybridized carbons (Fsp3) is 0. The van der Waals surface area contributed by atoms with Crippen LogP contribution >= 0.6 is 0 Å². The first kappa shape index (κ1) is 35.7. The Labute approximate surface area is 371 Å². The second-order valence-electron chi connectivity index (χ2n) is 16.8. The zero-order valence-electron chi connectivity index (χ0n) is 34.9. The Balaban J connectivity index is 1.06. The molecule has 0 radical (unpaired) electrons. The molecule has 0 spiro atoms. The van der Waals surface area contributed by atoms with Gasteiger partial charge in [0.05, 0.1) is 38.7 Å². The van der Waals surface area contributed by atoms with Crippen molar-refractivity contribution >= 4 is 87.1 Å². The SMILES string of the molecule is c1ccc(-n2c3ccccc3c3c(-c4nc(-c5ccc6ccccc6c5)nc(-c5ccc(-n6c7ccccc7c7cc8ccccc8cc76)c6c5oc5ccccc56)n4)cccc32)cc1. The minimum atomic E-state index is 0.533. The molecule has 0 saturated carbocycles. The number of rotatable bonds is 5. The van der Waals surface area contributed by atoms with Gasteiger partial charge in [0.2, 0.25) is 0 Å². The molecule has 4 heterocycles. The molecule has 14 rings (SSSR count). The van der Waals surface area contributed by atoms with E-state index in [2.05, 4.69) is 209 Å². The molecule has 0 fully saturated rings. The maximum atomic E-state index is 6.98. The average molecular weight is 830 g/mol. The van der Waals surface area contributed by atoms with Crippen LogP contribution in [0.3, 0.4) is 0 Å². The first-order chi connectivity index (χ1) is 32.2. The van der Waals surface area contributed by atoms with Crippen LogP contribution in [-0.2, 0) is 0 Å². The van der Waals surface area contributed by atoms with Crippen LogP contribution < -0.4 is 0 Å². The molecule has 0 aliphatic heterocycles. The third kappa shape index (κ3) is 5.38. The first-order valence-corrected chi connectivity index (χ1v) is 21.9. The topological polar surface area (TPSA) is 61.7 Å². The molecule has 4 aromatic heterocycles. The second-order valence-corrected chi connectivity index (χ2v) is 16.8. The minimum Gasteiger partial charge on any atom is -0.455 e. The maximum absolute atomic E-state index is 6.98. The summed E-state index contributed by atoms with van der Waals surface area (Å²) in [6.45, 7) is 0.